The van der Waals surface area contributed by atoms with Gasteiger partial charge in [0.05, 0.1) is 0 Å². The summed E-state index contributed by atoms with van der Waals surface area (Å²) < 4.78 is 32.0. The summed E-state index contributed by atoms with van der Waals surface area (Å²) in [7, 11) is 0. The first-order valence-electron chi connectivity index (χ1n) is 8.76. The van der Waals surface area contributed by atoms with E-state index in [1.165, 1.54) is 0 Å². The minimum atomic E-state index is -0.849. The molecule has 0 heterocycles. The Balaban J connectivity index is 0. The molecule has 0 aromatic carbocycles. The van der Waals surface area contributed by atoms with Crippen molar-refractivity contribution in [2.24, 2.45) is 0 Å². The molecule has 0 aliphatic carbocycles. The first kappa shape index (κ1) is 25.0. The summed E-state index contributed by atoms with van der Waals surface area (Å²) in [6, 6.07) is 0. The van der Waals surface area contributed by atoms with E-state index in [9.17, 15) is 0 Å². The summed E-state index contributed by atoms with van der Waals surface area (Å²) in [6.45, 7) is 18.9. The molecule has 0 aliphatic heterocycles. The lowest BCUT2D eigenvalue weighted by molar-refractivity contribution is -0.377. The lowest BCUT2D eigenvalue weighted by Gasteiger charge is -2.31. The molecule has 0 fully saturated rings. The van der Waals surface area contributed by atoms with Gasteiger partial charge in [-0.2, -0.15) is 0 Å². The highest BCUT2D eigenvalue weighted by molar-refractivity contribution is 4.53. The van der Waals surface area contributed by atoms with Crippen LogP contribution >= 0.6 is 0 Å². The van der Waals surface area contributed by atoms with Gasteiger partial charge in [0.2, 0.25) is 0 Å². The van der Waals surface area contributed by atoms with E-state index in [0.29, 0.717) is 46.1 Å². The summed E-state index contributed by atoms with van der Waals surface area (Å²) >= 11 is 0. The normalized spacial score (nSPS) is 12.0. The van der Waals surface area contributed by atoms with Gasteiger partial charge in [0.25, 0.3) is 11.9 Å². The SMILES string of the molecule is CCOC(C)(OCC)OCC.CCOC(CC)(OCC)OCC. The van der Waals surface area contributed by atoms with Crippen molar-refractivity contribution in [1.29, 1.82) is 0 Å². The van der Waals surface area contributed by atoms with E-state index in [4.69, 9.17) is 28.4 Å². The maximum Gasteiger partial charge on any atom is 0.282 e. The highest BCUT2D eigenvalue weighted by atomic mass is 16.9. The third-order valence-corrected chi connectivity index (χ3v) is 2.75. The third-order valence-electron chi connectivity index (χ3n) is 2.75. The Morgan fingerprint density at radius 2 is 0.739 bits per heavy atom. The van der Waals surface area contributed by atoms with Crippen molar-refractivity contribution in [3.63, 3.8) is 0 Å². The molecule has 0 amide bonds. The number of hydrogen-bond acceptors (Lipinski definition) is 6. The Morgan fingerprint density at radius 1 is 0.478 bits per heavy atom. The predicted octanol–water partition coefficient (Wildman–Crippen LogP) is 3.93. The van der Waals surface area contributed by atoms with Crippen molar-refractivity contribution in [2.75, 3.05) is 39.6 Å². The van der Waals surface area contributed by atoms with Crippen LogP contribution in [0, 0.1) is 0 Å². The number of rotatable bonds is 13. The van der Waals surface area contributed by atoms with Gasteiger partial charge >= 0.3 is 0 Å². The van der Waals surface area contributed by atoms with E-state index in [1.54, 1.807) is 6.92 Å². The van der Waals surface area contributed by atoms with Crippen molar-refractivity contribution >= 4 is 0 Å². The van der Waals surface area contributed by atoms with Gasteiger partial charge < -0.3 is 28.4 Å². The molecular formula is C17H38O6. The van der Waals surface area contributed by atoms with Crippen LogP contribution in [-0.2, 0) is 28.4 Å². The van der Waals surface area contributed by atoms with Crippen LogP contribution in [0.15, 0.2) is 0 Å². The van der Waals surface area contributed by atoms with E-state index in [2.05, 4.69) is 0 Å². The predicted molar refractivity (Wildman–Crippen MR) is 91.2 cm³/mol. The van der Waals surface area contributed by atoms with E-state index in [0.717, 1.165) is 0 Å². The average Bonchev–Trinajstić information content (AvgIpc) is 2.49. The molecule has 0 N–H and O–H groups in total. The molecule has 0 saturated carbocycles. The number of ether oxygens (including phenoxy) is 6. The largest absolute Gasteiger partial charge is 0.328 e. The van der Waals surface area contributed by atoms with Crippen molar-refractivity contribution in [3.05, 3.63) is 0 Å². The van der Waals surface area contributed by atoms with Crippen molar-refractivity contribution in [3.8, 4) is 0 Å². The molecule has 0 rings (SSSR count). The molecule has 0 saturated heterocycles. The van der Waals surface area contributed by atoms with Crippen LogP contribution in [0.4, 0.5) is 0 Å². The Labute approximate surface area is 142 Å². The van der Waals surface area contributed by atoms with E-state index < -0.39 is 11.9 Å². The first-order chi connectivity index (χ1) is 10.9. The molecule has 0 atom stereocenters. The van der Waals surface area contributed by atoms with E-state index in [1.807, 2.05) is 48.5 Å². The van der Waals surface area contributed by atoms with Gasteiger partial charge in [-0.3, -0.25) is 0 Å². The number of hydrogen-bond donors (Lipinski definition) is 0. The van der Waals surface area contributed by atoms with Gasteiger partial charge in [-0.25, -0.2) is 0 Å². The molecule has 0 spiro atoms. The maximum atomic E-state index is 5.42. The van der Waals surface area contributed by atoms with E-state index in [-0.39, 0.29) is 0 Å². The van der Waals surface area contributed by atoms with Crippen LogP contribution < -0.4 is 0 Å². The standard InChI is InChI=1S/C9H20O3.C8H18O3/c1-5-9(10-6-2,11-7-3)12-8-4;1-5-9-8(4,10-6-2)11-7-3/h5-8H2,1-4H3;5-7H2,1-4H3. The fourth-order valence-corrected chi connectivity index (χ4v) is 2.00. The molecule has 6 nitrogen and oxygen atoms in total. The lowest BCUT2D eigenvalue weighted by atomic mass is 10.4. The van der Waals surface area contributed by atoms with Crippen LogP contribution in [0.3, 0.4) is 0 Å². The van der Waals surface area contributed by atoms with Crippen LogP contribution in [0.2, 0.25) is 0 Å². The molecule has 0 aromatic rings. The van der Waals surface area contributed by atoms with Crippen molar-refractivity contribution in [2.45, 2.75) is 73.8 Å². The van der Waals surface area contributed by atoms with Gasteiger partial charge in [-0.1, -0.05) is 6.92 Å². The van der Waals surface area contributed by atoms with Crippen LogP contribution in [0.1, 0.15) is 61.8 Å². The van der Waals surface area contributed by atoms with Gasteiger partial charge in [-0.15, -0.1) is 0 Å². The monoisotopic (exact) mass is 338 g/mol. The zero-order valence-corrected chi connectivity index (χ0v) is 16.4. The summed E-state index contributed by atoms with van der Waals surface area (Å²) in [5, 5.41) is 0. The first-order valence-corrected chi connectivity index (χ1v) is 8.76. The summed E-state index contributed by atoms with van der Waals surface area (Å²) in [5.41, 5.74) is 0. The zero-order valence-electron chi connectivity index (χ0n) is 16.4. The van der Waals surface area contributed by atoms with Crippen LogP contribution in [-0.4, -0.2) is 51.6 Å². The van der Waals surface area contributed by atoms with Crippen molar-refractivity contribution < 1.29 is 28.4 Å². The zero-order chi connectivity index (χ0) is 18.2. The summed E-state index contributed by atoms with van der Waals surface area (Å²) in [4.78, 5) is 0. The Hall–Kier alpha value is -0.240. The highest BCUT2D eigenvalue weighted by Gasteiger charge is 2.29. The lowest BCUT2D eigenvalue weighted by Crippen LogP contribution is -2.38. The topological polar surface area (TPSA) is 55.4 Å². The molecule has 6 heteroatoms. The highest BCUT2D eigenvalue weighted by Crippen LogP contribution is 2.19. The second kappa shape index (κ2) is 15.3. The Kier molecular flexibility index (Phi) is 16.6. The Morgan fingerprint density at radius 3 is 0.913 bits per heavy atom. The second-order valence-corrected chi connectivity index (χ2v) is 4.50. The van der Waals surface area contributed by atoms with Gasteiger partial charge in [0, 0.05) is 53.0 Å². The Bertz CT molecular complexity index is 213. The molecule has 0 unspecified atom stereocenters. The van der Waals surface area contributed by atoms with Gasteiger partial charge in [-0.05, 0) is 41.5 Å². The smallest absolute Gasteiger partial charge is 0.282 e. The van der Waals surface area contributed by atoms with Crippen LogP contribution in [0.25, 0.3) is 0 Å². The fourth-order valence-electron chi connectivity index (χ4n) is 2.00. The van der Waals surface area contributed by atoms with Gasteiger partial charge in [0.15, 0.2) is 0 Å². The molecule has 0 aromatic heterocycles. The molecule has 23 heavy (non-hydrogen) atoms. The molecule has 0 bridgehead atoms. The maximum absolute atomic E-state index is 5.42. The minimum absolute atomic E-state index is 0.594. The quantitative estimate of drug-likeness (QED) is 0.474. The minimum Gasteiger partial charge on any atom is -0.328 e. The molecular weight excluding hydrogens is 300 g/mol. The van der Waals surface area contributed by atoms with Crippen LogP contribution in [0.5, 0.6) is 0 Å². The fraction of sp³-hybridized carbons (Fsp3) is 1.00. The average molecular weight is 338 g/mol. The van der Waals surface area contributed by atoms with Gasteiger partial charge in [0.1, 0.15) is 0 Å². The van der Waals surface area contributed by atoms with E-state index >= 15 is 0 Å². The molecule has 142 valence electrons. The molecule has 0 radical (unpaired) electrons. The summed E-state index contributed by atoms with van der Waals surface area (Å²) in [6.07, 6.45) is 0.711. The second-order valence-electron chi connectivity index (χ2n) is 4.50. The third kappa shape index (κ3) is 11.9. The van der Waals surface area contributed by atoms with Crippen molar-refractivity contribution in [1.82, 2.24) is 0 Å². The summed E-state index contributed by atoms with van der Waals surface area (Å²) in [5.74, 6) is -1.66. The molecule has 0 aliphatic rings.